The number of ether oxygens (including phenoxy) is 2. The summed E-state index contributed by atoms with van der Waals surface area (Å²) in [7, 11) is 0. The normalized spacial score (nSPS) is 45.0. The summed E-state index contributed by atoms with van der Waals surface area (Å²) in [5, 5.41) is 0. The molecule has 64 valence electrons. The van der Waals surface area contributed by atoms with E-state index in [-0.39, 0.29) is 6.10 Å². The molecule has 2 N–H and O–H groups in total. The SMILES string of the molecule is N[C@@H]1CC[C@@H]2OCCO[C@H]2C1. The molecular weight excluding hydrogens is 142 g/mol. The van der Waals surface area contributed by atoms with Crippen LogP contribution >= 0.6 is 0 Å². The van der Waals surface area contributed by atoms with Crippen LogP contribution < -0.4 is 5.73 Å². The molecule has 1 aliphatic heterocycles. The highest BCUT2D eigenvalue weighted by Crippen LogP contribution is 2.25. The van der Waals surface area contributed by atoms with Gasteiger partial charge in [0.15, 0.2) is 0 Å². The van der Waals surface area contributed by atoms with E-state index >= 15 is 0 Å². The summed E-state index contributed by atoms with van der Waals surface area (Å²) in [5.74, 6) is 0. The zero-order valence-electron chi connectivity index (χ0n) is 6.66. The van der Waals surface area contributed by atoms with Gasteiger partial charge in [0.1, 0.15) is 0 Å². The predicted molar refractivity (Wildman–Crippen MR) is 41.3 cm³/mol. The van der Waals surface area contributed by atoms with Gasteiger partial charge in [-0.15, -0.1) is 0 Å². The van der Waals surface area contributed by atoms with E-state index in [0.29, 0.717) is 12.1 Å². The zero-order chi connectivity index (χ0) is 7.68. The maximum Gasteiger partial charge on any atom is 0.0852 e. The summed E-state index contributed by atoms with van der Waals surface area (Å²) in [5.41, 5.74) is 5.81. The summed E-state index contributed by atoms with van der Waals surface area (Å²) < 4.78 is 11.1. The van der Waals surface area contributed by atoms with Gasteiger partial charge >= 0.3 is 0 Å². The number of nitrogens with two attached hydrogens (primary N) is 1. The lowest BCUT2D eigenvalue weighted by Gasteiger charge is -2.37. The minimum Gasteiger partial charge on any atom is -0.373 e. The van der Waals surface area contributed by atoms with Crippen molar-refractivity contribution in [3.8, 4) is 0 Å². The molecule has 1 saturated carbocycles. The smallest absolute Gasteiger partial charge is 0.0852 e. The highest BCUT2D eigenvalue weighted by Gasteiger charge is 2.32. The molecule has 0 bridgehead atoms. The Morgan fingerprint density at radius 2 is 1.73 bits per heavy atom. The van der Waals surface area contributed by atoms with Gasteiger partial charge in [0.25, 0.3) is 0 Å². The summed E-state index contributed by atoms with van der Waals surface area (Å²) in [4.78, 5) is 0. The van der Waals surface area contributed by atoms with Crippen molar-refractivity contribution in [1.29, 1.82) is 0 Å². The van der Waals surface area contributed by atoms with Gasteiger partial charge in [-0.2, -0.15) is 0 Å². The number of hydrogen-bond acceptors (Lipinski definition) is 3. The van der Waals surface area contributed by atoms with E-state index in [9.17, 15) is 0 Å². The number of hydrogen-bond donors (Lipinski definition) is 1. The second-order valence-corrected chi connectivity index (χ2v) is 3.39. The first-order chi connectivity index (χ1) is 5.36. The Morgan fingerprint density at radius 1 is 1.00 bits per heavy atom. The third-order valence-corrected chi connectivity index (χ3v) is 2.52. The average molecular weight is 157 g/mol. The summed E-state index contributed by atoms with van der Waals surface area (Å²) in [6, 6.07) is 0.331. The highest BCUT2D eigenvalue weighted by atomic mass is 16.6. The first-order valence-corrected chi connectivity index (χ1v) is 4.35. The lowest BCUT2D eigenvalue weighted by molar-refractivity contribution is -0.156. The van der Waals surface area contributed by atoms with E-state index in [1.54, 1.807) is 0 Å². The van der Waals surface area contributed by atoms with Crippen LogP contribution in [0.1, 0.15) is 19.3 Å². The molecule has 2 aliphatic rings. The number of fused-ring (bicyclic) bond motifs is 1. The Balaban J connectivity index is 1.93. The minimum atomic E-state index is 0.285. The summed E-state index contributed by atoms with van der Waals surface area (Å²) in [6.45, 7) is 1.50. The Hall–Kier alpha value is -0.120. The molecule has 2 fully saturated rings. The van der Waals surface area contributed by atoms with Crippen LogP contribution in [0.25, 0.3) is 0 Å². The van der Waals surface area contributed by atoms with Crippen LogP contribution in [0, 0.1) is 0 Å². The fourth-order valence-electron chi connectivity index (χ4n) is 1.90. The number of rotatable bonds is 0. The van der Waals surface area contributed by atoms with Gasteiger partial charge in [0.05, 0.1) is 25.4 Å². The van der Waals surface area contributed by atoms with E-state index in [2.05, 4.69) is 0 Å². The third kappa shape index (κ3) is 1.55. The van der Waals surface area contributed by atoms with Crippen LogP contribution in [0.4, 0.5) is 0 Å². The Bertz CT molecular complexity index is 140. The molecule has 2 rings (SSSR count). The molecule has 1 heterocycles. The van der Waals surface area contributed by atoms with Gasteiger partial charge < -0.3 is 15.2 Å². The predicted octanol–water partition coefficient (Wildman–Crippen LogP) is 0.282. The van der Waals surface area contributed by atoms with Gasteiger partial charge in [-0.05, 0) is 19.3 Å². The fourth-order valence-corrected chi connectivity index (χ4v) is 1.90. The van der Waals surface area contributed by atoms with Crippen molar-refractivity contribution in [2.75, 3.05) is 13.2 Å². The fraction of sp³-hybridized carbons (Fsp3) is 1.00. The van der Waals surface area contributed by atoms with E-state index in [1.807, 2.05) is 0 Å². The highest BCUT2D eigenvalue weighted by molar-refractivity contribution is 4.84. The van der Waals surface area contributed by atoms with Crippen molar-refractivity contribution < 1.29 is 9.47 Å². The van der Waals surface area contributed by atoms with Crippen molar-refractivity contribution in [2.24, 2.45) is 5.73 Å². The first kappa shape index (κ1) is 7.53. The molecule has 0 radical (unpaired) electrons. The van der Waals surface area contributed by atoms with Crippen LogP contribution in [0.2, 0.25) is 0 Å². The molecule has 0 unspecified atom stereocenters. The lowest BCUT2D eigenvalue weighted by Crippen LogP contribution is -2.46. The Morgan fingerprint density at radius 3 is 2.55 bits per heavy atom. The van der Waals surface area contributed by atoms with Gasteiger partial charge in [-0.1, -0.05) is 0 Å². The molecule has 0 spiro atoms. The Kier molecular flexibility index (Phi) is 2.11. The van der Waals surface area contributed by atoms with E-state index in [4.69, 9.17) is 15.2 Å². The van der Waals surface area contributed by atoms with Gasteiger partial charge in [0.2, 0.25) is 0 Å². The van der Waals surface area contributed by atoms with Crippen LogP contribution in [0.5, 0.6) is 0 Å². The summed E-state index contributed by atoms with van der Waals surface area (Å²) in [6.07, 6.45) is 3.76. The third-order valence-electron chi connectivity index (χ3n) is 2.52. The van der Waals surface area contributed by atoms with Crippen molar-refractivity contribution in [3.05, 3.63) is 0 Å². The first-order valence-electron chi connectivity index (χ1n) is 4.35. The summed E-state index contributed by atoms with van der Waals surface area (Å²) >= 11 is 0. The molecule has 0 aromatic rings. The molecular formula is C8H15NO2. The van der Waals surface area contributed by atoms with E-state index < -0.39 is 0 Å². The second kappa shape index (κ2) is 3.09. The second-order valence-electron chi connectivity index (χ2n) is 3.39. The topological polar surface area (TPSA) is 44.5 Å². The van der Waals surface area contributed by atoms with E-state index in [1.165, 1.54) is 0 Å². The molecule has 0 amide bonds. The Labute approximate surface area is 66.8 Å². The monoisotopic (exact) mass is 157 g/mol. The zero-order valence-corrected chi connectivity index (χ0v) is 6.66. The molecule has 3 nitrogen and oxygen atoms in total. The van der Waals surface area contributed by atoms with Crippen LogP contribution in [0.3, 0.4) is 0 Å². The minimum absolute atomic E-state index is 0.285. The van der Waals surface area contributed by atoms with Gasteiger partial charge in [0, 0.05) is 6.04 Å². The maximum atomic E-state index is 5.81. The quantitative estimate of drug-likeness (QED) is 0.549. The van der Waals surface area contributed by atoms with Crippen LogP contribution in [-0.4, -0.2) is 31.5 Å². The lowest BCUT2D eigenvalue weighted by atomic mass is 9.90. The van der Waals surface area contributed by atoms with Crippen LogP contribution in [0.15, 0.2) is 0 Å². The molecule has 11 heavy (non-hydrogen) atoms. The molecule has 1 saturated heterocycles. The standard InChI is InChI=1S/C8H15NO2/c9-6-1-2-7-8(5-6)11-4-3-10-7/h6-8H,1-5,9H2/t6-,7+,8+/m1/s1. The van der Waals surface area contributed by atoms with Crippen molar-refractivity contribution in [2.45, 2.75) is 37.5 Å². The largest absolute Gasteiger partial charge is 0.373 e. The average Bonchev–Trinajstić information content (AvgIpc) is 2.04. The molecule has 1 aliphatic carbocycles. The van der Waals surface area contributed by atoms with E-state index in [0.717, 1.165) is 32.5 Å². The van der Waals surface area contributed by atoms with Gasteiger partial charge in [-0.3, -0.25) is 0 Å². The molecule has 3 atom stereocenters. The molecule has 0 aromatic carbocycles. The molecule has 0 aromatic heterocycles. The van der Waals surface area contributed by atoms with Crippen molar-refractivity contribution >= 4 is 0 Å². The molecule has 3 heteroatoms. The van der Waals surface area contributed by atoms with Gasteiger partial charge in [-0.25, -0.2) is 0 Å². The van der Waals surface area contributed by atoms with Crippen molar-refractivity contribution in [1.82, 2.24) is 0 Å². The maximum absolute atomic E-state index is 5.81. The van der Waals surface area contributed by atoms with Crippen molar-refractivity contribution in [3.63, 3.8) is 0 Å². The van der Waals surface area contributed by atoms with Crippen LogP contribution in [-0.2, 0) is 9.47 Å².